The Bertz CT molecular complexity index is 629. The average molecular weight is 438 g/mol. The van der Waals surface area contributed by atoms with Gasteiger partial charge < -0.3 is 55.1 Å². The molecule has 166 valence electrons. The van der Waals surface area contributed by atoms with E-state index >= 15 is 0 Å². The highest BCUT2D eigenvalue weighted by Gasteiger charge is 2.59. The Kier molecular flexibility index (Phi) is 7.33. The van der Waals surface area contributed by atoms with Crippen LogP contribution in [0.3, 0.4) is 0 Å². The molecule has 0 bridgehead atoms. The number of ether oxygens (including phenoxy) is 3. The van der Waals surface area contributed by atoms with Crippen LogP contribution in [-0.4, -0.2) is 128 Å². The summed E-state index contributed by atoms with van der Waals surface area (Å²) in [6, 6.07) is 0. The Balaban J connectivity index is 2.33. The molecule has 0 unspecified atom stereocenters. The van der Waals surface area contributed by atoms with Crippen molar-refractivity contribution in [1.29, 1.82) is 0 Å². The quantitative estimate of drug-likeness (QED) is 0.138. The standard InChI is InChI=1S/C12H22O15S/c13-1-3-5(15)7(17)8(27-28(21,22)23)10(24-3)26-12(20)9(18)6(16)4(2-14)25-11(12)19/h3-11,13-20H,1-2H2,(H,21,22,23)/t3-,4-,5+,6+,7+,8-,9+,10-,11-,12+/m1/s1. The van der Waals surface area contributed by atoms with Gasteiger partial charge in [-0.25, -0.2) is 4.18 Å². The number of rotatable bonds is 6. The summed E-state index contributed by atoms with van der Waals surface area (Å²) < 4.78 is 49.6. The molecule has 28 heavy (non-hydrogen) atoms. The zero-order valence-electron chi connectivity index (χ0n) is 14.0. The molecule has 10 atom stereocenters. The Hall–Kier alpha value is -0.570. The third-order valence-electron chi connectivity index (χ3n) is 4.33. The second-order valence-corrected chi connectivity index (χ2v) is 7.26. The summed E-state index contributed by atoms with van der Waals surface area (Å²) in [5, 5.41) is 78.3. The SMILES string of the molecule is O=S(=O)(O)O[C@H]1[C@@H](O[C@]2(O)[C@H](O)O[C@H](CO)[C@H](O)[C@@H]2O)O[C@H](CO)[C@H](O)[C@@H]1O. The summed E-state index contributed by atoms with van der Waals surface area (Å²) in [7, 11) is -5.26. The van der Waals surface area contributed by atoms with E-state index in [9.17, 15) is 44.2 Å². The zero-order valence-corrected chi connectivity index (χ0v) is 14.8. The molecule has 9 N–H and O–H groups in total. The van der Waals surface area contributed by atoms with Crippen LogP contribution in [0.5, 0.6) is 0 Å². The summed E-state index contributed by atoms with van der Waals surface area (Å²) in [6.45, 7) is -1.79. The van der Waals surface area contributed by atoms with Crippen LogP contribution in [0.4, 0.5) is 0 Å². The molecule has 0 saturated carbocycles. The van der Waals surface area contributed by atoms with Crippen molar-refractivity contribution >= 4 is 10.4 Å². The maximum absolute atomic E-state index is 11.0. The average Bonchev–Trinajstić information content (AvgIpc) is 2.62. The highest BCUT2D eigenvalue weighted by Crippen LogP contribution is 2.35. The first kappa shape index (κ1) is 23.7. The van der Waals surface area contributed by atoms with Crippen LogP contribution in [0.15, 0.2) is 0 Å². The van der Waals surface area contributed by atoms with Gasteiger partial charge >= 0.3 is 10.4 Å². The van der Waals surface area contributed by atoms with E-state index in [-0.39, 0.29) is 0 Å². The molecule has 2 aliphatic rings. The summed E-state index contributed by atoms with van der Waals surface area (Å²) >= 11 is 0. The molecule has 0 aromatic rings. The van der Waals surface area contributed by atoms with Gasteiger partial charge in [-0.2, -0.15) is 8.42 Å². The van der Waals surface area contributed by atoms with Gasteiger partial charge in [0.25, 0.3) is 0 Å². The van der Waals surface area contributed by atoms with Crippen LogP contribution >= 0.6 is 0 Å². The first-order valence-electron chi connectivity index (χ1n) is 7.84. The van der Waals surface area contributed by atoms with Gasteiger partial charge in [-0.05, 0) is 0 Å². The van der Waals surface area contributed by atoms with Crippen molar-refractivity contribution in [2.75, 3.05) is 13.2 Å². The van der Waals surface area contributed by atoms with Gasteiger partial charge in [0.15, 0.2) is 12.4 Å². The molecule has 15 nitrogen and oxygen atoms in total. The Morgan fingerprint density at radius 3 is 1.93 bits per heavy atom. The van der Waals surface area contributed by atoms with Crippen LogP contribution < -0.4 is 0 Å². The van der Waals surface area contributed by atoms with E-state index in [1.54, 1.807) is 0 Å². The van der Waals surface area contributed by atoms with Crippen molar-refractivity contribution in [2.24, 2.45) is 0 Å². The molecular formula is C12H22O15S. The van der Waals surface area contributed by atoms with Gasteiger partial charge in [0, 0.05) is 0 Å². The smallest absolute Gasteiger partial charge is 0.394 e. The predicted molar refractivity (Wildman–Crippen MR) is 80.2 cm³/mol. The van der Waals surface area contributed by atoms with Crippen molar-refractivity contribution in [2.45, 2.75) is 61.1 Å². The van der Waals surface area contributed by atoms with Crippen molar-refractivity contribution in [3.63, 3.8) is 0 Å². The van der Waals surface area contributed by atoms with Crippen molar-refractivity contribution in [3.8, 4) is 0 Å². The predicted octanol–water partition coefficient (Wildman–Crippen LogP) is -6.25. The van der Waals surface area contributed by atoms with Crippen molar-refractivity contribution in [1.82, 2.24) is 0 Å². The Labute approximate surface area is 157 Å². The van der Waals surface area contributed by atoms with Crippen LogP contribution in [0.25, 0.3) is 0 Å². The lowest BCUT2D eigenvalue weighted by atomic mass is 9.95. The van der Waals surface area contributed by atoms with E-state index in [2.05, 4.69) is 4.18 Å². The van der Waals surface area contributed by atoms with E-state index in [0.29, 0.717) is 0 Å². The van der Waals surface area contributed by atoms with E-state index in [0.717, 1.165) is 0 Å². The maximum Gasteiger partial charge on any atom is 0.397 e. The lowest BCUT2D eigenvalue weighted by molar-refractivity contribution is -0.450. The molecule has 2 saturated heterocycles. The fourth-order valence-corrected chi connectivity index (χ4v) is 3.28. The van der Waals surface area contributed by atoms with Crippen LogP contribution in [0.1, 0.15) is 0 Å². The Morgan fingerprint density at radius 1 is 0.893 bits per heavy atom. The molecule has 0 aromatic heterocycles. The number of aliphatic hydroxyl groups is 8. The second-order valence-electron chi connectivity index (χ2n) is 6.21. The molecule has 0 aromatic carbocycles. The van der Waals surface area contributed by atoms with E-state index in [1.807, 2.05) is 0 Å². The van der Waals surface area contributed by atoms with Crippen molar-refractivity contribution < 1.29 is 72.2 Å². The summed E-state index contributed by atoms with van der Waals surface area (Å²) in [5.74, 6) is -3.21. The fraction of sp³-hybridized carbons (Fsp3) is 1.00. The minimum atomic E-state index is -5.26. The monoisotopic (exact) mass is 438 g/mol. The number of aliphatic hydroxyl groups excluding tert-OH is 7. The van der Waals surface area contributed by atoms with Crippen molar-refractivity contribution in [3.05, 3.63) is 0 Å². The van der Waals surface area contributed by atoms with E-state index in [4.69, 9.17) is 23.9 Å². The highest BCUT2D eigenvalue weighted by atomic mass is 32.3. The zero-order chi connectivity index (χ0) is 21.4. The first-order chi connectivity index (χ1) is 12.9. The fourth-order valence-electron chi connectivity index (χ4n) is 2.80. The van der Waals surface area contributed by atoms with Crippen LogP contribution in [-0.2, 0) is 28.8 Å². The van der Waals surface area contributed by atoms with E-state index in [1.165, 1.54) is 0 Å². The van der Waals surface area contributed by atoms with Gasteiger partial charge in [0.05, 0.1) is 13.2 Å². The normalized spacial score (nSPS) is 47.8. The number of hydrogen-bond acceptors (Lipinski definition) is 14. The van der Waals surface area contributed by atoms with Gasteiger partial charge in [-0.15, -0.1) is 0 Å². The third-order valence-corrected chi connectivity index (χ3v) is 4.79. The lowest BCUT2D eigenvalue weighted by Gasteiger charge is -2.49. The number of hydrogen-bond donors (Lipinski definition) is 9. The molecule has 16 heteroatoms. The topological polar surface area (TPSA) is 253 Å². The highest BCUT2D eigenvalue weighted by molar-refractivity contribution is 7.80. The van der Waals surface area contributed by atoms with Gasteiger partial charge in [0.1, 0.15) is 36.6 Å². The molecule has 0 radical (unpaired) electrons. The van der Waals surface area contributed by atoms with Crippen LogP contribution in [0.2, 0.25) is 0 Å². The minimum Gasteiger partial charge on any atom is -0.394 e. The molecule has 0 amide bonds. The Morgan fingerprint density at radius 2 is 1.43 bits per heavy atom. The van der Waals surface area contributed by atoms with E-state index < -0.39 is 84.7 Å². The molecule has 2 aliphatic heterocycles. The molecule has 2 fully saturated rings. The third kappa shape index (κ3) is 4.60. The summed E-state index contributed by atoms with van der Waals surface area (Å²) in [4.78, 5) is 0. The van der Waals surface area contributed by atoms with Gasteiger partial charge in [-0.1, -0.05) is 0 Å². The first-order valence-corrected chi connectivity index (χ1v) is 9.21. The minimum absolute atomic E-state index is 0.864. The lowest BCUT2D eigenvalue weighted by Crippen LogP contribution is -2.71. The summed E-state index contributed by atoms with van der Waals surface area (Å²) in [5.41, 5.74) is 0. The largest absolute Gasteiger partial charge is 0.397 e. The maximum atomic E-state index is 11.0. The summed E-state index contributed by atoms with van der Waals surface area (Å²) in [6.07, 6.45) is -18.4. The van der Waals surface area contributed by atoms with Crippen LogP contribution in [0, 0.1) is 0 Å². The second kappa shape index (κ2) is 8.66. The molecule has 0 aliphatic carbocycles. The molecule has 0 spiro atoms. The molecule has 2 heterocycles. The van der Waals surface area contributed by atoms with Gasteiger partial charge in [0.2, 0.25) is 12.1 Å². The molecular weight excluding hydrogens is 416 g/mol. The van der Waals surface area contributed by atoms with Gasteiger partial charge in [-0.3, -0.25) is 4.55 Å². The molecule has 2 rings (SSSR count).